The first-order valence-electron chi connectivity index (χ1n) is 9.08. The lowest BCUT2D eigenvalue weighted by Gasteiger charge is -2.12. The molecule has 6 heteroatoms. The Labute approximate surface area is 165 Å². The highest BCUT2D eigenvalue weighted by Crippen LogP contribution is 2.28. The second-order valence-corrected chi connectivity index (χ2v) is 7.21. The van der Waals surface area contributed by atoms with Gasteiger partial charge < -0.3 is 9.47 Å². The summed E-state index contributed by atoms with van der Waals surface area (Å²) in [5.74, 6) is 1.25. The predicted molar refractivity (Wildman–Crippen MR) is 111 cm³/mol. The lowest BCUT2D eigenvalue weighted by Crippen LogP contribution is -2.26. The minimum absolute atomic E-state index is 0.145. The Morgan fingerprint density at radius 2 is 1.93 bits per heavy atom. The van der Waals surface area contributed by atoms with E-state index in [1.54, 1.807) is 6.21 Å². The quantitative estimate of drug-likeness (QED) is 0.371. The minimum atomic E-state index is -0.242. The number of carbonyl (C=O) groups excluding carboxylic acids is 1. The van der Waals surface area contributed by atoms with Crippen molar-refractivity contribution in [2.45, 2.75) is 37.3 Å². The van der Waals surface area contributed by atoms with Crippen LogP contribution in [0.4, 0.5) is 0 Å². The van der Waals surface area contributed by atoms with Gasteiger partial charge in [0.25, 0.3) is 5.91 Å². The topological polar surface area (TPSA) is 59.9 Å². The van der Waals surface area contributed by atoms with Crippen LogP contribution in [0, 0.1) is 0 Å². The lowest BCUT2D eigenvalue weighted by molar-refractivity contribution is -0.120. The molecule has 0 aliphatic carbocycles. The number of rotatable bonds is 10. The Balaban J connectivity index is 1.94. The highest BCUT2D eigenvalue weighted by atomic mass is 32.2. The Morgan fingerprint density at radius 3 is 2.63 bits per heavy atom. The fraction of sp³-hybridized carbons (Fsp3) is 0.333. The summed E-state index contributed by atoms with van der Waals surface area (Å²) in [7, 11) is 0. The maximum absolute atomic E-state index is 12.2. The van der Waals surface area contributed by atoms with Crippen LogP contribution in [0.5, 0.6) is 11.5 Å². The molecule has 0 bridgehead atoms. The van der Waals surface area contributed by atoms with Gasteiger partial charge in [0.15, 0.2) is 11.5 Å². The highest BCUT2D eigenvalue weighted by Gasteiger charge is 2.13. The summed E-state index contributed by atoms with van der Waals surface area (Å²) in [6.45, 7) is 7.03. The molecule has 2 aromatic rings. The Hall–Kier alpha value is -2.47. The molecular formula is C21H26N2O3S. The van der Waals surface area contributed by atoms with Crippen LogP contribution in [0.2, 0.25) is 0 Å². The fourth-order valence-electron chi connectivity index (χ4n) is 2.22. The van der Waals surface area contributed by atoms with Crippen LogP contribution in [0.25, 0.3) is 0 Å². The standard InChI is InChI=1S/C21H26N2O3S/c1-4-13-26-19-12-11-17(14-20(19)25-5-2)15-22-23-21(24)16(3)27-18-9-7-6-8-10-18/h6-12,14-16H,4-5,13H2,1-3H3,(H,23,24)/b22-15-/t16-/m1/s1. The number of hydrogen-bond donors (Lipinski definition) is 1. The van der Waals surface area contributed by atoms with Gasteiger partial charge in [0, 0.05) is 4.90 Å². The van der Waals surface area contributed by atoms with Crippen LogP contribution in [-0.2, 0) is 4.79 Å². The van der Waals surface area contributed by atoms with E-state index in [0.29, 0.717) is 24.7 Å². The van der Waals surface area contributed by atoms with Crippen molar-refractivity contribution in [3.8, 4) is 11.5 Å². The zero-order valence-corrected chi connectivity index (χ0v) is 16.8. The summed E-state index contributed by atoms with van der Waals surface area (Å²) in [4.78, 5) is 13.2. The molecule has 0 aliphatic heterocycles. The lowest BCUT2D eigenvalue weighted by atomic mass is 10.2. The van der Waals surface area contributed by atoms with Crippen molar-refractivity contribution in [1.29, 1.82) is 0 Å². The molecule has 0 unspecified atom stereocenters. The van der Waals surface area contributed by atoms with Gasteiger partial charge in [-0.2, -0.15) is 5.10 Å². The van der Waals surface area contributed by atoms with Crippen LogP contribution >= 0.6 is 11.8 Å². The molecule has 1 atom stereocenters. The fourth-order valence-corrected chi connectivity index (χ4v) is 3.10. The summed E-state index contributed by atoms with van der Waals surface area (Å²) < 4.78 is 11.3. The summed E-state index contributed by atoms with van der Waals surface area (Å²) >= 11 is 1.49. The molecule has 1 N–H and O–H groups in total. The number of hydrazone groups is 1. The van der Waals surface area contributed by atoms with Gasteiger partial charge in [-0.25, -0.2) is 5.43 Å². The van der Waals surface area contributed by atoms with Crippen LogP contribution in [0.3, 0.4) is 0 Å². The Morgan fingerprint density at radius 1 is 1.15 bits per heavy atom. The molecule has 144 valence electrons. The van der Waals surface area contributed by atoms with E-state index in [-0.39, 0.29) is 11.2 Å². The zero-order chi connectivity index (χ0) is 19.5. The molecule has 0 saturated carbocycles. The Bertz CT molecular complexity index is 750. The summed E-state index contributed by atoms with van der Waals surface area (Å²) in [5, 5.41) is 3.82. The average molecular weight is 387 g/mol. The van der Waals surface area contributed by atoms with E-state index >= 15 is 0 Å². The monoisotopic (exact) mass is 386 g/mol. The normalized spacial score (nSPS) is 12.0. The minimum Gasteiger partial charge on any atom is -0.490 e. The number of nitrogens with zero attached hydrogens (tertiary/aromatic N) is 1. The number of nitrogens with one attached hydrogen (secondary N) is 1. The molecule has 27 heavy (non-hydrogen) atoms. The molecule has 0 fully saturated rings. The van der Waals surface area contributed by atoms with Gasteiger partial charge in [-0.3, -0.25) is 4.79 Å². The van der Waals surface area contributed by atoms with Crippen molar-refractivity contribution in [2.75, 3.05) is 13.2 Å². The molecule has 0 spiro atoms. The number of ether oxygens (including phenoxy) is 2. The number of benzene rings is 2. The molecule has 0 saturated heterocycles. The van der Waals surface area contributed by atoms with Gasteiger partial charge in [-0.05, 0) is 56.2 Å². The van der Waals surface area contributed by atoms with E-state index in [0.717, 1.165) is 16.9 Å². The smallest absolute Gasteiger partial charge is 0.253 e. The molecule has 2 aromatic carbocycles. The van der Waals surface area contributed by atoms with Gasteiger partial charge in [-0.1, -0.05) is 25.1 Å². The largest absolute Gasteiger partial charge is 0.490 e. The summed E-state index contributed by atoms with van der Waals surface area (Å²) in [5.41, 5.74) is 3.41. The van der Waals surface area contributed by atoms with Crippen LogP contribution in [-0.4, -0.2) is 30.6 Å². The van der Waals surface area contributed by atoms with Crippen molar-refractivity contribution in [3.05, 3.63) is 54.1 Å². The van der Waals surface area contributed by atoms with Crippen molar-refractivity contribution >= 4 is 23.9 Å². The zero-order valence-electron chi connectivity index (χ0n) is 16.0. The molecule has 0 heterocycles. The second-order valence-electron chi connectivity index (χ2n) is 5.80. The first-order chi connectivity index (χ1) is 13.1. The van der Waals surface area contributed by atoms with Crippen molar-refractivity contribution < 1.29 is 14.3 Å². The van der Waals surface area contributed by atoms with E-state index in [9.17, 15) is 4.79 Å². The molecule has 1 amide bonds. The van der Waals surface area contributed by atoms with Crippen molar-refractivity contribution in [2.24, 2.45) is 5.10 Å². The van der Waals surface area contributed by atoms with Crippen molar-refractivity contribution in [3.63, 3.8) is 0 Å². The molecule has 0 aliphatic rings. The van der Waals surface area contributed by atoms with E-state index in [4.69, 9.17) is 9.47 Å². The third kappa shape index (κ3) is 6.98. The Kier molecular flexibility index (Phi) is 8.71. The molecule has 0 aromatic heterocycles. The first-order valence-corrected chi connectivity index (χ1v) is 9.96. The highest BCUT2D eigenvalue weighted by molar-refractivity contribution is 8.00. The average Bonchev–Trinajstić information content (AvgIpc) is 2.68. The number of carbonyl (C=O) groups is 1. The van der Waals surface area contributed by atoms with Gasteiger partial charge in [0.2, 0.25) is 0 Å². The van der Waals surface area contributed by atoms with E-state index < -0.39 is 0 Å². The summed E-state index contributed by atoms with van der Waals surface area (Å²) in [6, 6.07) is 15.4. The second kappa shape index (κ2) is 11.3. The van der Waals surface area contributed by atoms with E-state index in [1.165, 1.54) is 11.8 Å². The molecule has 5 nitrogen and oxygen atoms in total. The number of amides is 1. The van der Waals surface area contributed by atoms with E-state index in [1.807, 2.05) is 62.4 Å². The first kappa shape index (κ1) is 20.8. The van der Waals surface area contributed by atoms with Crippen LogP contribution in [0.15, 0.2) is 58.5 Å². The summed E-state index contributed by atoms with van der Waals surface area (Å²) in [6.07, 6.45) is 2.53. The van der Waals surface area contributed by atoms with Crippen LogP contribution in [0.1, 0.15) is 32.8 Å². The van der Waals surface area contributed by atoms with Gasteiger partial charge in [0.1, 0.15) is 0 Å². The molecular weight excluding hydrogens is 360 g/mol. The molecule has 2 rings (SSSR count). The van der Waals surface area contributed by atoms with Gasteiger partial charge in [-0.15, -0.1) is 11.8 Å². The van der Waals surface area contributed by atoms with Crippen molar-refractivity contribution in [1.82, 2.24) is 5.43 Å². The maximum Gasteiger partial charge on any atom is 0.253 e. The van der Waals surface area contributed by atoms with Gasteiger partial charge >= 0.3 is 0 Å². The van der Waals surface area contributed by atoms with Gasteiger partial charge in [0.05, 0.1) is 24.7 Å². The van der Waals surface area contributed by atoms with E-state index in [2.05, 4.69) is 17.5 Å². The number of hydrogen-bond acceptors (Lipinski definition) is 5. The predicted octanol–water partition coefficient (Wildman–Crippen LogP) is 4.51. The van der Waals surface area contributed by atoms with Crippen LogP contribution < -0.4 is 14.9 Å². The molecule has 0 radical (unpaired) electrons. The third-order valence-electron chi connectivity index (χ3n) is 3.54. The SMILES string of the molecule is CCCOc1ccc(/C=N\NC(=O)[C@@H](C)Sc2ccccc2)cc1OCC. The third-order valence-corrected chi connectivity index (χ3v) is 4.65. The maximum atomic E-state index is 12.2. The number of thioether (sulfide) groups is 1.